The highest BCUT2D eigenvalue weighted by molar-refractivity contribution is 5.87. The van der Waals surface area contributed by atoms with Gasteiger partial charge in [0, 0.05) is 12.6 Å². The van der Waals surface area contributed by atoms with E-state index in [0.717, 1.165) is 19.5 Å². The molecule has 3 nitrogen and oxygen atoms in total. The SMILES string of the molecule is CCN1CCc2cc(C(=O)O)ccc2C1C. The van der Waals surface area contributed by atoms with Gasteiger partial charge in [0.05, 0.1) is 5.56 Å². The summed E-state index contributed by atoms with van der Waals surface area (Å²) in [5, 5.41) is 8.94. The van der Waals surface area contributed by atoms with E-state index >= 15 is 0 Å². The second kappa shape index (κ2) is 4.26. The third kappa shape index (κ3) is 1.83. The van der Waals surface area contributed by atoms with E-state index in [1.807, 2.05) is 12.1 Å². The molecule has 0 radical (unpaired) electrons. The molecule has 1 aromatic carbocycles. The number of likely N-dealkylation sites (N-methyl/N-ethyl adjacent to an activating group) is 1. The summed E-state index contributed by atoms with van der Waals surface area (Å²) in [4.78, 5) is 13.3. The zero-order valence-corrected chi connectivity index (χ0v) is 9.73. The Hall–Kier alpha value is -1.35. The average Bonchev–Trinajstić information content (AvgIpc) is 2.29. The number of carboxylic acids is 1. The van der Waals surface area contributed by atoms with Crippen LogP contribution in [0.2, 0.25) is 0 Å². The van der Waals surface area contributed by atoms with Crippen molar-refractivity contribution >= 4 is 5.97 Å². The van der Waals surface area contributed by atoms with Crippen molar-refractivity contribution < 1.29 is 9.90 Å². The van der Waals surface area contributed by atoms with Crippen LogP contribution >= 0.6 is 0 Å². The molecule has 1 heterocycles. The number of rotatable bonds is 2. The molecule has 16 heavy (non-hydrogen) atoms. The molecule has 0 aromatic heterocycles. The number of fused-ring (bicyclic) bond motifs is 1. The Bertz CT molecular complexity index is 414. The lowest BCUT2D eigenvalue weighted by molar-refractivity contribution is 0.0696. The van der Waals surface area contributed by atoms with Crippen molar-refractivity contribution in [2.45, 2.75) is 26.3 Å². The van der Waals surface area contributed by atoms with Crippen LogP contribution in [0.1, 0.15) is 41.4 Å². The van der Waals surface area contributed by atoms with Gasteiger partial charge in [-0.15, -0.1) is 0 Å². The Morgan fingerprint density at radius 2 is 2.31 bits per heavy atom. The topological polar surface area (TPSA) is 40.5 Å². The molecule has 0 saturated heterocycles. The van der Waals surface area contributed by atoms with Crippen molar-refractivity contribution in [3.63, 3.8) is 0 Å². The number of carboxylic acid groups (broad SMARTS) is 1. The van der Waals surface area contributed by atoms with Crippen molar-refractivity contribution in [1.82, 2.24) is 4.90 Å². The predicted octanol–water partition coefficient (Wildman–Crippen LogP) is 2.32. The number of hydrogen-bond donors (Lipinski definition) is 1. The summed E-state index contributed by atoms with van der Waals surface area (Å²) < 4.78 is 0. The zero-order valence-electron chi connectivity index (χ0n) is 9.73. The van der Waals surface area contributed by atoms with Gasteiger partial charge in [0.15, 0.2) is 0 Å². The van der Waals surface area contributed by atoms with Crippen LogP contribution in [-0.4, -0.2) is 29.1 Å². The van der Waals surface area contributed by atoms with Crippen LogP contribution in [0.15, 0.2) is 18.2 Å². The molecule has 1 N–H and O–H groups in total. The first-order valence-corrected chi connectivity index (χ1v) is 5.73. The van der Waals surface area contributed by atoms with Gasteiger partial charge in [-0.05, 0) is 43.1 Å². The van der Waals surface area contributed by atoms with Crippen molar-refractivity contribution in [2.75, 3.05) is 13.1 Å². The summed E-state index contributed by atoms with van der Waals surface area (Å²) in [5.41, 5.74) is 2.87. The molecule has 86 valence electrons. The van der Waals surface area contributed by atoms with Crippen molar-refractivity contribution in [3.05, 3.63) is 34.9 Å². The monoisotopic (exact) mass is 219 g/mol. The zero-order chi connectivity index (χ0) is 11.7. The largest absolute Gasteiger partial charge is 0.478 e. The molecular formula is C13H17NO2. The standard InChI is InChI=1S/C13H17NO2/c1-3-14-7-6-10-8-11(13(15)16)4-5-12(10)9(14)2/h4-5,8-9H,3,6-7H2,1-2H3,(H,15,16). The van der Waals surface area contributed by atoms with Crippen LogP contribution in [0, 0.1) is 0 Å². The summed E-state index contributed by atoms with van der Waals surface area (Å²) in [7, 11) is 0. The molecule has 3 heteroatoms. The molecule has 1 aliphatic heterocycles. The molecule has 0 aliphatic carbocycles. The number of carbonyl (C=O) groups is 1. The first-order chi connectivity index (χ1) is 7.63. The summed E-state index contributed by atoms with van der Waals surface area (Å²) in [6.45, 7) is 6.41. The normalized spacial score (nSPS) is 20.5. The van der Waals surface area contributed by atoms with E-state index in [1.54, 1.807) is 6.07 Å². The highest BCUT2D eigenvalue weighted by atomic mass is 16.4. The lowest BCUT2D eigenvalue weighted by Gasteiger charge is -2.34. The van der Waals surface area contributed by atoms with E-state index in [4.69, 9.17) is 5.11 Å². The molecule has 1 aliphatic rings. The van der Waals surface area contributed by atoms with Crippen LogP contribution in [0.4, 0.5) is 0 Å². The van der Waals surface area contributed by atoms with Crippen LogP contribution in [-0.2, 0) is 6.42 Å². The number of hydrogen-bond acceptors (Lipinski definition) is 2. The van der Waals surface area contributed by atoms with Gasteiger partial charge in [-0.25, -0.2) is 4.79 Å². The van der Waals surface area contributed by atoms with Gasteiger partial charge >= 0.3 is 5.97 Å². The molecule has 0 spiro atoms. The fraction of sp³-hybridized carbons (Fsp3) is 0.462. The Morgan fingerprint density at radius 3 is 2.94 bits per heavy atom. The fourth-order valence-electron chi connectivity index (χ4n) is 2.45. The molecular weight excluding hydrogens is 202 g/mol. The summed E-state index contributed by atoms with van der Waals surface area (Å²) >= 11 is 0. The molecule has 2 rings (SSSR count). The minimum atomic E-state index is -0.839. The summed E-state index contributed by atoms with van der Waals surface area (Å²) in [6, 6.07) is 5.89. The van der Waals surface area contributed by atoms with Crippen LogP contribution in [0.5, 0.6) is 0 Å². The second-order valence-electron chi connectivity index (χ2n) is 4.27. The third-order valence-corrected chi connectivity index (χ3v) is 3.46. The lowest BCUT2D eigenvalue weighted by atomic mass is 9.92. The maximum atomic E-state index is 10.9. The molecule has 1 unspecified atom stereocenters. The molecule has 1 atom stereocenters. The molecule has 0 fully saturated rings. The molecule has 1 aromatic rings. The second-order valence-corrected chi connectivity index (χ2v) is 4.27. The first-order valence-electron chi connectivity index (χ1n) is 5.73. The highest BCUT2D eigenvalue weighted by Crippen LogP contribution is 2.29. The Morgan fingerprint density at radius 1 is 1.56 bits per heavy atom. The highest BCUT2D eigenvalue weighted by Gasteiger charge is 2.23. The Labute approximate surface area is 95.7 Å². The van der Waals surface area contributed by atoms with Gasteiger partial charge in [-0.2, -0.15) is 0 Å². The van der Waals surface area contributed by atoms with Crippen molar-refractivity contribution in [2.24, 2.45) is 0 Å². The maximum Gasteiger partial charge on any atom is 0.335 e. The molecule has 0 saturated carbocycles. The van der Waals surface area contributed by atoms with E-state index < -0.39 is 5.97 Å². The van der Waals surface area contributed by atoms with Crippen molar-refractivity contribution in [1.29, 1.82) is 0 Å². The third-order valence-electron chi connectivity index (χ3n) is 3.46. The number of nitrogens with zero attached hydrogens (tertiary/aromatic N) is 1. The minimum absolute atomic E-state index is 0.399. The van der Waals surface area contributed by atoms with Gasteiger partial charge in [-0.1, -0.05) is 13.0 Å². The quantitative estimate of drug-likeness (QED) is 0.829. The Kier molecular flexibility index (Phi) is 2.97. The lowest BCUT2D eigenvalue weighted by Crippen LogP contribution is -2.33. The maximum absolute atomic E-state index is 10.9. The average molecular weight is 219 g/mol. The van der Waals surface area contributed by atoms with E-state index in [2.05, 4.69) is 18.7 Å². The molecule has 0 bridgehead atoms. The van der Waals surface area contributed by atoms with Crippen LogP contribution < -0.4 is 0 Å². The predicted molar refractivity (Wildman–Crippen MR) is 62.8 cm³/mol. The van der Waals surface area contributed by atoms with Gasteiger partial charge < -0.3 is 5.11 Å². The van der Waals surface area contributed by atoms with Crippen LogP contribution in [0.25, 0.3) is 0 Å². The minimum Gasteiger partial charge on any atom is -0.478 e. The van der Waals surface area contributed by atoms with E-state index in [1.165, 1.54) is 11.1 Å². The van der Waals surface area contributed by atoms with E-state index in [0.29, 0.717) is 11.6 Å². The Balaban J connectivity index is 2.37. The number of benzene rings is 1. The summed E-state index contributed by atoms with van der Waals surface area (Å²) in [5.74, 6) is -0.839. The van der Waals surface area contributed by atoms with E-state index in [9.17, 15) is 4.79 Å². The van der Waals surface area contributed by atoms with E-state index in [-0.39, 0.29) is 0 Å². The first kappa shape index (κ1) is 11.1. The molecule has 0 amide bonds. The number of aromatic carboxylic acids is 1. The van der Waals surface area contributed by atoms with Gasteiger partial charge in [0.1, 0.15) is 0 Å². The van der Waals surface area contributed by atoms with Crippen molar-refractivity contribution in [3.8, 4) is 0 Å². The summed E-state index contributed by atoms with van der Waals surface area (Å²) in [6.07, 6.45) is 0.953. The fourth-order valence-corrected chi connectivity index (χ4v) is 2.45. The van der Waals surface area contributed by atoms with Crippen LogP contribution in [0.3, 0.4) is 0 Å². The smallest absolute Gasteiger partial charge is 0.335 e. The van der Waals surface area contributed by atoms with Gasteiger partial charge in [0.25, 0.3) is 0 Å². The van der Waals surface area contributed by atoms with Gasteiger partial charge in [-0.3, -0.25) is 4.90 Å². The van der Waals surface area contributed by atoms with Gasteiger partial charge in [0.2, 0.25) is 0 Å².